The molecule has 0 aromatic heterocycles. The Labute approximate surface area is 148 Å². The highest BCUT2D eigenvalue weighted by Crippen LogP contribution is 2.27. The SMILES string of the molecule is CN1CCN(C(=O)c2ccc3ccccc3c2)[C@H](c2ccccc2)C1. The molecule has 0 bridgehead atoms. The van der Waals surface area contributed by atoms with Crippen LogP contribution in [0.15, 0.2) is 72.8 Å². The Bertz CT molecular complexity index is 891. The van der Waals surface area contributed by atoms with Crippen LogP contribution >= 0.6 is 0 Å². The van der Waals surface area contributed by atoms with Crippen LogP contribution in [0, 0.1) is 0 Å². The number of carbonyl (C=O) groups excluding carboxylic acids is 1. The fraction of sp³-hybridized carbons (Fsp3) is 0.227. The quantitative estimate of drug-likeness (QED) is 0.710. The van der Waals surface area contributed by atoms with Gasteiger partial charge in [-0.2, -0.15) is 0 Å². The number of nitrogens with zero attached hydrogens (tertiary/aromatic N) is 2. The summed E-state index contributed by atoms with van der Waals surface area (Å²) in [6, 6.07) is 24.6. The molecule has 3 aromatic rings. The summed E-state index contributed by atoms with van der Waals surface area (Å²) in [5.41, 5.74) is 1.97. The first-order valence-corrected chi connectivity index (χ1v) is 8.75. The maximum atomic E-state index is 13.2. The Morgan fingerprint density at radius 3 is 2.40 bits per heavy atom. The van der Waals surface area contributed by atoms with Crippen molar-refractivity contribution in [3.05, 3.63) is 83.9 Å². The number of hydrogen-bond donors (Lipinski definition) is 0. The molecule has 25 heavy (non-hydrogen) atoms. The molecule has 0 N–H and O–H groups in total. The van der Waals surface area contributed by atoms with Gasteiger partial charge in [0.15, 0.2) is 0 Å². The maximum absolute atomic E-state index is 13.2. The lowest BCUT2D eigenvalue weighted by Crippen LogP contribution is -2.49. The lowest BCUT2D eigenvalue weighted by Gasteiger charge is -2.40. The van der Waals surface area contributed by atoms with Crippen molar-refractivity contribution in [1.29, 1.82) is 0 Å². The van der Waals surface area contributed by atoms with Gasteiger partial charge < -0.3 is 9.80 Å². The third-order valence-corrected chi connectivity index (χ3v) is 5.03. The van der Waals surface area contributed by atoms with Crippen LogP contribution in [0.5, 0.6) is 0 Å². The summed E-state index contributed by atoms with van der Waals surface area (Å²) >= 11 is 0. The van der Waals surface area contributed by atoms with E-state index >= 15 is 0 Å². The summed E-state index contributed by atoms with van der Waals surface area (Å²) in [7, 11) is 2.12. The first-order chi connectivity index (χ1) is 12.2. The van der Waals surface area contributed by atoms with Gasteiger partial charge in [-0.1, -0.05) is 60.7 Å². The average molecular weight is 330 g/mol. The van der Waals surface area contributed by atoms with E-state index in [4.69, 9.17) is 0 Å². The minimum atomic E-state index is 0.0962. The minimum absolute atomic E-state index is 0.0962. The third-order valence-electron chi connectivity index (χ3n) is 5.03. The van der Waals surface area contributed by atoms with Gasteiger partial charge in [0.2, 0.25) is 0 Å². The highest BCUT2D eigenvalue weighted by atomic mass is 16.2. The van der Waals surface area contributed by atoms with Crippen LogP contribution in [-0.4, -0.2) is 42.4 Å². The topological polar surface area (TPSA) is 23.6 Å². The molecule has 1 heterocycles. The van der Waals surface area contributed by atoms with Gasteiger partial charge in [0, 0.05) is 25.2 Å². The van der Waals surface area contributed by atoms with Crippen molar-refractivity contribution >= 4 is 16.7 Å². The number of fused-ring (bicyclic) bond motifs is 1. The molecule has 0 radical (unpaired) electrons. The molecular weight excluding hydrogens is 308 g/mol. The Morgan fingerprint density at radius 2 is 1.60 bits per heavy atom. The molecular formula is C22H22N2O. The monoisotopic (exact) mass is 330 g/mol. The second kappa shape index (κ2) is 6.69. The molecule has 1 amide bonds. The predicted octanol–water partition coefficient (Wildman–Crippen LogP) is 3.97. The van der Waals surface area contributed by atoms with Crippen LogP contribution < -0.4 is 0 Å². The van der Waals surface area contributed by atoms with Gasteiger partial charge in [-0.3, -0.25) is 4.79 Å². The van der Waals surface area contributed by atoms with E-state index in [9.17, 15) is 4.79 Å². The van der Waals surface area contributed by atoms with Gasteiger partial charge in [-0.25, -0.2) is 0 Å². The fourth-order valence-electron chi connectivity index (χ4n) is 3.61. The Hall–Kier alpha value is -2.65. The summed E-state index contributed by atoms with van der Waals surface area (Å²) in [4.78, 5) is 17.6. The molecule has 0 aliphatic carbocycles. The number of likely N-dealkylation sites (N-methyl/N-ethyl adjacent to an activating group) is 1. The predicted molar refractivity (Wildman–Crippen MR) is 102 cm³/mol. The molecule has 0 unspecified atom stereocenters. The third kappa shape index (κ3) is 3.15. The van der Waals surface area contributed by atoms with Crippen molar-refractivity contribution in [2.45, 2.75) is 6.04 Å². The molecule has 126 valence electrons. The number of rotatable bonds is 2. The van der Waals surface area contributed by atoms with Gasteiger partial charge in [-0.05, 0) is 35.5 Å². The first kappa shape index (κ1) is 15.9. The van der Waals surface area contributed by atoms with E-state index in [0.29, 0.717) is 0 Å². The molecule has 1 aliphatic rings. The van der Waals surface area contributed by atoms with Crippen LogP contribution in [0.2, 0.25) is 0 Å². The normalized spacial score (nSPS) is 18.4. The smallest absolute Gasteiger partial charge is 0.254 e. The maximum Gasteiger partial charge on any atom is 0.254 e. The highest BCUT2D eigenvalue weighted by Gasteiger charge is 2.30. The molecule has 0 spiro atoms. The Balaban J connectivity index is 1.68. The van der Waals surface area contributed by atoms with Crippen molar-refractivity contribution in [1.82, 2.24) is 9.80 Å². The van der Waals surface area contributed by atoms with E-state index in [2.05, 4.69) is 36.2 Å². The zero-order valence-corrected chi connectivity index (χ0v) is 14.4. The Morgan fingerprint density at radius 1 is 0.880 bits per heavy atom. The average Bonchev–Trinajstić information content (AvgIpc) is 2.67. The number of piperazine rings is 1. The van der Waals surface area contributed by atoms with E-state index in [1.54, 1.807) is 0 Å². The highest BCUT2D eigenvalue weighted by molar-refractivity contribution is 5.98. The van der Waals surface area contributed by atoms with Gasteiger partial charge in [0.1, 0.15) is 0 Å². The molecule has 1 fully saturated rings. The molecule has 4 rings (SSSR count). The van der Waals surface area contributed by atoms with Gasteiger partial charge in [0.05, 0.1) is 6.04 Å². The summed E-state index contributed by atoms with van der Waals surface area (Å²) in [6.45, 7) is 2.52. The second-order valence-electron chi connectivity index (χ2n) is 6.75. The first-order valence-electron chi connectivity index (χ1n) is 8.75. The van der Waals surface area contributed by atoms with Crippen molar-refractivity contribution in [2.24, 2.45) is 0 Å². The van der Waals surface area contributed by atoms with Crippen molar-refractivity contribution in [2.75, 3.05) is 26.7 Å². The van der Waals surface area contributed by atoms with Crippen molar-refractivity contribution in [3.63, 3.8) is 0 Å². The van der Waals surface area contributed by atoms with E-state index in [1.165, 1.54) is 5.56 Å². The van der Waals surface area contributed by atoms with Crippen molar-refractivity contribution in [3.8, 4) is 0 Å². The molecule has 1 aliphatic heterocycles. The zero-order valence-electron chi connectivity index (χ0n) is 14.4. The van der Waals surface area contributed by atoms with Gasteiger partial charge >= 0.3 is 0 Å². The summed E-state index contributed by atoms with van der Waals surface area (Å²) in [5, 5.41) is 2.27. The molecule has 3 heteroatoms. The molecule has 1 saturated heterocycles. The zero-order chi connectivity index (χ0) is 17.2. The standard InChI is InChI=1S/C22H22N2O/c1-23-13-14-24(21(16-23)18-8-3-2-4-9-18)22(25)20-12-11-17-7-5-6-10-19(17)15-20/h2-12,15,21H,13-14,16H2,1H3/t21-/m0/s1. The Kier molecular flexibility index (Phi) is 4.24. The van der Waals surface area contributed by atoms with Crippen molar-refractivity contribution < 1.29 is 4.79 Å². The molecule has 3 nitrogen and oxygen atoms in total. The molecule has 3 aromatic carbocycles. The molecule has 1 atom stereocenters. The fourth-order valence-corrected chi connectivity index (χ4v) is 3.61. The summed E-state index contributed by atoms with van der Waals surface area (Å²) in [6.07, 6.45) is 0. The van der Waals surface area contributed by atoms with E-state index in [-0.39, 0.29) is 11.9 Å². The number of carbonyl (C=O) groups is 1. The number of amides is 1. The molecule has 0 saturated carbocycles. The van der Waals surface area contributed by atoms with Crippen LogP contribution in [0.25, 0.3) is 10.8 Å². The van der Waals surface area contributed by atoms with Crippen LogP contribution in [0.3, 0.4) is 0 Å². The second-order valence-corrected chi connectivity index (χ2v) is 6.75. The largest absolute Gasteiger partial charge is 0.329 e. The van der Waals surface area contributed by atoms with E-state index < -0.39 is 0 Å². The lowest BCUT2D eigenvalue weighted by atomic mass is 10.0. The number of benzene rings is 3. The van der Waals surface area contributed by atoms with Gasteiger partial charge in [0.25, 0.3) is 5.91 Å². The van der Waals surface area contributed by atoms with Crippen LogP contribution in [0.4, 0.5) is 0 Å². The summed E-state index contributed by atoms with van der Waals surface area (Å²) < 4.78 is 0. The lowest BCUT2D eigenvalue weighted by molar-refractivity contribution is 0.0498. The summed E-state index contributed by atoms with van der Waals surface area (Å²) in [5.74, 6) is 0.118. The van der Waals surface area contributed by atoms with Crippen LogP contribution in [0.1, 0.15) is 22.0 Å². The van der Waals surface area contributed by atoms with Gasteiger partial charge in [-0.15, -0.1) is 0 Å². The van der Waals surface area contributed by atoms with Crippen LogP contribution in [-0.2, 0) is 0 Å². The minimum Gasteiger partial charge on any atom is -0.329 e. The van der Waals surface area contributed by atoms with E-state index in [1.807, 2.05) is 53.4 Å². The number of hydrogen-bond acceptors (Lipinski definition) is 2. The van der Waals surface area contributed by atoms with E-state index in [0.717, 1.165) is 36.0 Å².